The van der Waals surface area contributed by atoms with Crippen LogP contribution in [0, 0.1) is 6.92 Å². The summed E-state index contributed by atoms with van der Waals surface area (Å²) in [5, 5.41) is 8.77. The molecule has 0 spiro atoms. The molecule has 128 valence electrons. The number of amides is 2. The highest BCUT2D eigenvalue weighted by Gasteiger charge is 2.31. The van der Waals surface area contributed by atoms with Gasteiger partial charge in [-0.2, -0.15) is 10.2 Å². The molecule has 0 atom stereocenters. The number of rotatable bonds is 5. The molecule has 4 heterocycles. The molecule has 0 N–H and O–H groups in total. The summed E-state index contributed by atoms with van der Waals surface area (Å²) in [7, 11) is 1.83. The predicted octanol–water partition coefficient (Wildman–Crippen LogP) is 0.817. The summed E-state index contributed by atoms with van der Waals surface area (Å²) < 4.78 is 3.99. The molecule has 4 rings (SSSR count). The van der Waals surface area contributed by atoms with Crippen LogP contribution in [0.1, 0.15) is 11.6 Å². The molecule has 0 radical (unpaired) electrons. The number of urea groups is 1. The van der Waals surface area contributed by atoms with Crippen molar-refractivity contribution in [3.05, 3.63) is 30.4 Å². The quantitative estimate of drug-likeness (QED) is 0.815. The molecule has 2 fully saturated rings. The van der Waals surface area contributed by atoms with Crippen molar-refractivity contribution in [1.29, 1.82) is 0 Å². The molecule has 2 aliphatic heterocycles. The number of aryl methyl sites for hydroxylation is 1. The van der Waals surface area contributed by atoms with Crippen molar-refractivity contribution in [1.82, 2.24) is 29.4 Å². The van der Waals surface area contributed by atoms with Crippen LogP contribution in [0.25, 0.3) is 0 Å². The van der Waals surface area contributed by atoms with Gasteiger partial charge in [-0.3, -0.25) is 19.2 Å². The number of anilines is 1. The molecule has 2 aromatic rings. The highest BCUT2D eigenvalue weighted by molar-refractivity contribution is 5.93. The van der Waals surface area contributed by atoms with E-state index in [1.54, 1.807) is 16.0 Å². The van der Waals surface area contributed by atoms with Gasteiger partial charge in [0.25, 0.3) is 0 Å². The van der Waals surface area contributed by atoms with Crippen LogP contribution in [0.4, 0.5) is 10.5 Å². The molecule has 8 heteroatoms. The van der Waals surface area contributed by atoms with Gasteiger partial charge in [0.1, 0.15) is 0 Å². The summed E-state index contributed by atoms with van der Waals surface area (Å²) in [6.45, 7) is 7.47. The summed E-state index contributed by atoms with van der Waals surface area (Å²) in [4.78, 5) is 18.0. The summed E-state index contributed by atoms with van der Waals surface area (Å²) in [5.74, 6) is 0. The second kappa shape index (κ2) is 5.94. The van der Waals surface area contributed by atoms with Gasteiger partial charge in [0.15, 0.2) is 0 Å². The van der Waals surface area contributed by atoms with Crippen LogP contribution in [0.3, 0.4) is 0 Å². The first-order chi connectivity index (χ1) is 11.6. The van der Waals surface area contributed by atoms with E-state index in [0.29, 0.717) is 6.04 Å². The van der Waals surface area contributed by atoms with Crippen LogP contribution in [-0.2, 0) is 6.54 Å². The van der Waals surface area contributed by atoms with Gasteiger partial charge in [-0.05, 0) is 12.5 Å². The SMILES string of the molecule is Cc1cnn(CCN2CC(n3cc(N4CCN(C)C4=O)cn3)C2)c1. The number of carbonyl (C=O) groups is 1. The van der Waals surface area contributed by atoms with E-state index in [-0.39, 0.29) is 6.03 Å². The normalized spacial score (nSPS) is 19.3. The second-order valence-corrected chi connectivity index (χ2v) is 6.73. The number of carbonyl (C=O) groups excluding carboxylic acids is 1. The minimum Gasteiger partial charge on any atom is -0.326 e. The Hall–Kier alpha value is -2.35. The molecule has 0 bridgehead atoms. The van der Waals surface area contributed by atoms with Crippen molar-refractivity contribution in [3.63, 3.8) is 0 Å². The highest BCUT2D eigenvalue weighted by atomic mass is 16.2. The Bertz CT molecular complexity index is 730. The van der Waals surface area contributed by atoms with Crippen molar-refractivity contribution in [3.8, 4) is 0 Å². The monoisotopic (exact) mass is 329 g/mol. The van der Waals surface area contributed by atoms with Crippen molar-refractivity contribution in [2.75, 3.05) is 44.7 Å². The van der Waals surface area contributed by atoms with Crippen LogP contribution < -0.4 is 4.90 Å². The third-order valence-electron chi connectivity index (χ3n) is 4.84. The Morgan fingerprint density at radius 3 is 2.62 bits per heavy atom. The van der Waals surface area contributed by atoms with E-state index in [1.807, 2.05) is 28.8 Å². The number of hydrogen-bond donors (Lipinski definition) is 0. The first-order valence-corrected chi connectivity index (χ1v) is 8.38. The van der Waals surface area contributed by atoms with Crippen molar-refractivity contribution >= 4 is 11.7 Å². The zero-order valence-corrected chi connectivity index (χ0v) is 14.2. The fourth-order valence-corrected chi connectivity index (χ4v) is 3.28. The Balaban J connectivity index is 1.29. The zero-order chi connectivity index (χ0) is 16.7. The summed E-state index contributed by atoms with van der Waals surface area (Å²) in [6.07, 6.45) is 7.75. The summed E-state index contributed by atoms with van der Waals surface area (Å²) in [5.41, 5.74) is 2.09. The Labute approximate surface area is 141 Å². The van der Waals surface area contributed by atoms with E-state index in [1.165, 1.54) is 5.56 Å². The first-order valence-electron chi connectivity index (χ1n) is 8.38. The molecule has 0 aromatic carbocycles. The van der Waals surface area contributed by atoms with Crippen LogP contribution >= 0.6 is 0 Å². The van der Waals surface area contributed by atoms with Crippen LogP contribution in [0.15, 0.2) is 24.8 Å². The lowest BCUT2D eigenvalue weighted by Gasteiger charge is -2.39. The third kappa shape index (κ3) is 2.77. The number of nitrogens with zero attached hydrogens (tertiary/aromatic N) is 7. The summed E-state index contributed by atoms with van der Waals surface area (Å²) >= 11 is 0. The molecule has 0 aliphatic carbocycles. The fourth-order valence-electron chi connectivity index (χ4n) is 3.28. The Kier molecular flexibility index (Phi) is 3.76. The molecule has 0 unspecified atom stereocenters. The zero-order valence-electron chi connectivity index (χ0n) is 14.2. The van der Waals surface area contributed by atoms with Crippen LogP contribution in [0.5, 0.6) is 0 Å². The fraction of sp³-hybridized carbons (Fsp3) is 0.562. The molecule has 8 nitrogen and oxygen atoms in total. The Morgan fingerprint density at radius 1 is 1.12 bits per heavy atom. The highest BCUT2D eigenvalue weighted by Crippen LogP contribution is 2.24. The topological polar surface area (TPSA) is 62.4 Å². The number of likely N-dealkylation sites (N-methyl/N-ethyl adjacent to an activating group) is 1. The number of aromatic nitrogens is 4. The molecule has 2 saturated heterocycles. The van der Waals surface area contributed by atoms with Gasteiger partial charge in [-0.25, -0.2) is 4.79 Å². The lowest BCUT2D eigenvalue weighted by molar-refractivity contribution is 0.0934. The lowest BCUT2D eigenvalue weighted by Crippen LogP contribution is -2.48. The van der Waals surface area contributed by atoms with Crippen molar-refractivity contribution < 1.29 is 4.79 Å². The molecule has 2 amide bonds. The van der Waals surface area contributed by atoms with Crippen LogP contribution in [-0.4, -0.2) is 75.2 Å². The maximum absolute atomic E-state index is 12.0. The van der Waals surface area contributed by atoms with Gasteiger partial charge >= 0.3 is 6.03 Å². The maximum Gasteiger partial charge on any atom is 0.324 e. The van der Waals surface area contributed by atoms with Gasteiger partial charge in [0.05, 0.1) is 30.7 Å². The molecule has 0 saturated carbocycles. The second-order valence-electron chi connectivity index (χ2n) is 6.73. The standard InChI is InChI=1S/C16H23N7O/c1-13-7-17-21(9-13)5-4-20-10-15(11-20)23-12-14(8-18-23)22-6-3-19(2)16(22)24/h7-9,12,15H,3-6,10-11H2,1-2H3. The van der Waals surface area contributed by atoms with E-state index >= 15 is 0 Å². The third-order valence-corrected chi connectivity index (χ3v) is 4.84. The lowest BCUT2D eigenvalue weighted by atomic mass is 10.1. The summed E-state index contributed by atoms with van der Waals surface area (Å²) in [6, 6.07) is 0.452. The average Bonchev–Trinajstić information content (AvgIpc) is 3.21. The van der Waals surface area contributed by atoms with Gasteiger partial charge in [-0.1, -0.05) is 0 Å². The van der Waals surface area contributed by atoms with E-state index in [4.69, 9.17) is 0 Å². The van der Waals surface area contributed by atoms with Gasteiger partial charge in [0, 0.05) is 52.2 Å². The smallest absolute Gasteiger partial charge is 0.324 e. The van der Waals surface area contributed by atoms with E-state index in [0.717, 1.165) is 45.0 Å². The Morgan fingerprint density at radius 2 is 1.96 bits per heavy atom. The molecular formula is C16H23N7O. The van der Waals surface area contributed by atoms with E-state index < -0.39 is 0 Å². The van der Waals surface area contributed by atoms with Gasteiger partial charge < -0.3 is 4.90 Å². The largest absolute Gasteiger partial charge is 0.326 e. The molecule has 24 heavy (non-hydrogen) atoms. The van der Waals surface area contributed by atoms with E-state index in [2.05, 4.69) is 28.2 Å². The van der Waals surface area contributed by atoms with Crippen molar-refractivity contribution in [2.24, 2.45) is 0 Å². The maximum atomic E-state index is 12.0. The minimum atomic E-state index is 0.0549. The van der Waals surface area contributed by atoms with E-state index in [9.17, 15) is 4.79 Å². The molecule has 2 aliphatic rings. The predicted molar refractivity (Wildman–Crippen MR) is 90.0 cm³/mol. The van der Waals surface area contributed by atoms with Gasteiger partial charge in [0.2, 0.25) is 0 Å². The van der Waals surface area contributed by atoms with Gasteiger partial charge in [-0.15, -0.1) is 0 Å². The molecular weight excluding hydrogens is 306 g/mol. The minimum absolute atomic E-state index is 0.0549. The number of hydrogen-bond acceptors (Lipinski definition) is 4. The van der Waals surface area contributed by atoms with Crippen molar-refractivity contribution in [2.45, 2.75) is 19.5 Å². The number of likely N-dealkylation sites (tertiary alicyclic amines) is 1. The van der Waals surface area contributed by atoms with Crippen LogP contribution in [0.2, 0.25) is 0 Å². The average molecular weight is 329 g/mol. The first kappa shape index (κ1) is 15.2. The molecule has 2 aromatic heterocycles.